The van der Waals surface area contributed by atoms with Gasteiger partial charge in [0.1, 0.15) is 0 Å². The summed E-state index contributed by atoms with van der Waals surface area (Å²) in [5.74, 6) is 0.477. The third-order valence-corrected chi connectivity index (χ3v) is 6.67. The second-order valence-corrected chi connectivity index (χ2v) is 9.87. The van der Waals surface area contributed by atoms with Crippen LogP contribution in [0.2, 0.25) is 0 Å². The average Bonchev–Trinajstić information content (AvgIpc) is 2.63. The van der Waals surface area contributed by atoms with E-state index in [9.17, 15) is 0 Å². The third kappa shape index (κ3) is 5.03. The molecule has 1 atom stereocenters. The number of hydrogen-bond donors (Lipinski definition) is 0. The monoisotopic (exact) mass is 396 g/mol. The van der Waals surface area contributed by atoms with Crippen molar-refractivity contribution < 1.29 is 0 Å². The number of pyridine rings is 1. The van der Waals surface area contributed by atoms with E-state index in [-0.39, 0.29) is 0 Å². The molecule has 2 heterocycles. The molecule has 2 rings (SSSR count). The van der Waals surface area contributed by atoms with Gasteiger partial charge in [-0.15, -0.1) is 0 Å². The molecule has 1 aliphatic heterocycles. The van der Waals surface area contributed by atoms with E-state index in [1.54, 1.807) is 0 Å². The van der Waals surface area contributed by atoms with Crippen molar-refractivity contribution in [2.45, 2.75) is 74.3 Å². The summed E-state index contributed by atoms with van der Waals surface area (Å²) in [7, 11) is 3.57. The van der Waals surface area contributed by atoms with Crippen molar-refractivity contribution in [3.05, 3.63) is 52.2 Å². The van der Waals surface area contributed by atoms with Gasteiger partial charge in [-0.25, -0.2) is 0 Å². The fourth-order valence-electron chi connectivity index (χ4n) is 3.67. The summed E-state index contributed by atoms with van der Waals surface area (Å²) in [5, 5.41) is 2.91. The normalized spacial score (nSPS) is 16.9. The zero-order chi connectivity index (χ0) is 21.0. The van der Waals surface area contributed by atoms with Crippen LogP contribution in [-0.4, -0.2) is 28.3 Å². The molecule has 1 aliphatic rings. The van der Waals surface area contributed by atoms with Crippen molar-refractivity contribution in [1.29, 1.82) is 0 Å². The lowest BCUT2D eigenvalue weighted by Crippen LogP contribution is -2.23. The number of nitrogens with zero attached hydrogens (tertiary/aromatic N) is 2. The SMILES string of the molecule is CCC(=C\N(C)C(C)CC)/C(=C/C(C)C)c1ncc(C2=C(C)P=C2C)cc1C. The second kappa shape index (κ2) is 9.70. The van der Waals surface area contributed by atoms with Gasteiger partial charge in [-0.05, 0) is 79.8 Å². The first-order chi connectivity index (χ1) is 13.2. The van der Waals surface area contributed by atoms with Crippen LogP contribution >= 0.6 is 8.20 Å². The van der Waals surface area contributed by atoms with Gasteiger partial charge < -0.3 is 4.90 Å². The van der Waals surface area contributed by atoms with E-state index >= 15 is 0 Å². The maximum atomic E-state index is 4.97. The zero-order valence-corrected chi connectivity index (χ0v) is 20.1. The zero-order valence-electron chi connectivity index (χ0n) is 19.2. The number of aromatic nitrogens is 1. The molecule has 0 bridgehead atoms. The third-order valence-electron chi connectivity index (χ3n) is 5.55. The van der Waals surface area contributed by atoms with E-state index in [1.807, 2.05) is 0 Å². The summed E-state index contributed by atoms with van der Waals surface area (Å²) >= 11 is 0. The quantitative estimate of drug-likeness (QED) is 0.338. The topological polar surface area (TPSA) is 16.1 Å². The largest absolute Gasteiger partial charge is 0.377 e. The average molecular weight is 397 g/mol. The molecule has 0 saturated carbocycles. The molecular weight excluding hydrogens is 359 g/mol. The standard InChI is InChI=1S/C25H37N2P/c1-10-18(6)27(9)15-21(11-2)23(12-16(3)4)25-17(5)13-22(14-26-25)24-19(7)28-20(24)8/h12-16,18H,10-11H2,1-9H3/b21-15+,23-12-. The van der Waals surface area contributed by atoms with Crippen LogP contribution < -0.4 is 0 Å². The fourth-order valence-corrected chi connectivity index (χ4v) is 4.82. The Morgan fingerprint density at radius 3 is 2.32 bits per heavy atom. The highest BCUT2D eigenvalue weighted by Gasteiger charge is 2.19. The van der Waals surface area contributed by atoms with Gasteiger partial charge in [-0.2, -0.15) is 0 Å². The molecule has 1 aromatic heterocycles. The Hall–Kier alpha value is -1.66. The van der Waals surface area contributed by atoms with Gasteiger partial charge in [0.25, 0.3) is 0 Å². The number of aryl methyl sites for hydroxylation is 1. The molecule has 1 unspecified atom stereocenters. The lowest BCUT2D eigenvalue weighted by molar-refractivity contribution is 0.341. The van der Waals surface area contributed by atoms with Crippen LogP contribution in [0, 0.1) is 12.8 Å². The van der Waals surface area contributed by atoms with Gasteiger partial charge >= 0.3 is 0 Å². The molecule has 0 radical (unpaired) electrons. The van der Waals surface area contributed by atoms with Crippen molar-refractivity contribution >= 4 is 24.6 Å². The summed E-state index contributed by atoms with van der Waals surface area (Å²) in [6.45, 7) is 17.9. The van der Waals surface area contributed by atoms with Gasteiger partial charge in [0, 0.05) is 36.6 Å². The minimum atomic E-state index is 0.477. The van der Waals surface area contributed by atoms with Gasteiger partial charge in [-0.1, -0.05) is 42.0 Å². The highest BCUT2D eigenvalue weighted by molar-refractivity contribution is 7.51. The Kier molecular flexibility index (Phi) is 7.84. The molecular formula is C25H37N2P. The smallest absolute Gasteiger partial charge is 0.0731 e. The van der Waals surface area contributed by atoms with Gasteiger partial charge in [0.05, 0.1) is 5.69 Å². The van der Waals surface area contributed by atoms with E-state index in [4.69, 9.17) is 4.98 Å². The van der Waals surface area contributed by atoms with Gasteiger partial charge in [-0.3, -0.25) is 4.98 Å². The van der Waals surface area contributed by atoms with E-state index in [1.165, 1.54) is 46.7 Å². The van der Waals surface area contributed by atoms with E-state index in [2.05, 4.69) is 91.9 Å². The summed E-state index contributed by atoms with van der Waals surface area (Å²) < 4.78 is 0. The van der Waals surface area contributed by atoms with Crippen LogP contribution in [0.5, 0.6) is 0 Å². The number of hydrogen-bond acceptors (Lipinski definition) is 2. The first kappa shape index (κ1) is 22.6. The van der Waals surface area contributed by atoms with E-state index in [0.29, 0.717) is 12.0 Å². The molecule has 0 saturated heterocycles. The second-order valence-electron chi connectivity index (χ2n) is 8.30. The number of allylic oxidation sites excluding steroid dienone is 5. The Labute approximate surface area is 174 Å². The van der Waals surface area contributed by atoms with Crippen molar-refractivity contribution in [2.75, 3.05) is 7.05 Å². The van der Waals surface area contributed by atoms with Gasteiger partial charge in [0.2, 0.25) is 0 Å². The lowest BCUT2D eigenvalue weighted by Gasteiger charge is -2.25. The molecule has 0 aromatic carbocycles. The molecule has 0 spiro atoms. The molecule has 1 aromatic rings. The van der Waals surface area contributed by atoms with Crippen LogP contribution in [0.1, 0.15) is 78.1 Å². The molecule has 0 N–H and O–H groups in total. The summed E-state index contributed by atoms with van der Waals surface area (Å²) in [6.07, 6.45) is 8.91. The predicted octanol–water partition coefficient (Wildman–Crippen LogP) is 7.34. The fraction of sp³-hybridized carbons (Fsp3) is 0.520. The van der Waals surface area contributed by atoms with Crippen molar-refractivity contribution in [1.82, 2.24) is 9.88 Å². The molecule has 0 amide bonds. The molecule has 2 nitrogen and oxygen atoms in total. The highest BCUT2D eigenvalue weighted by atomic mass is 31.1. The van der Waals surface area contributed by atoms with Crippen LogP contribution in [0.4, 0.5) is 0 Å². The van der Waals surface area contributed by atoms with E-state index < -0.39 is 0 Å². The maximum Gasteiger partial charge on any atom is 0.0731 e. The van der Waals surface area contributed by atoms with Crippen molar-refractivity contribution in [3.63, 3.8) is 0 Å². The molecule has 0 aliphatic carbocycles. The first-order valence-electron chi connectivity index (χ1n) is 10.6. The summed E-state index contributed by atoms with van der Waals surface area (Å²) in [5.41, 5.74) is 7.69. The Balaban J connectivity index is 2.49. The minimum absolute atomic E-state index is 0.477. The summed E-state index contributed by atoms with van der Waals surface area (Å²) in [4.78, 5) is 7.31. The van der Waals surface area contributed by atoms with E-state index in [0.717, 1.165) is 18.5 Å². The molecule has 28 heavy (non-hydrogen) atoms. The molecule has 0 fully saturated rings. The van der Waals surface area contributed by atoms with Crippen LogP contribution in [0.15, 0.2) is 35.4 Å². The predicted molar refractivity (Wildman–Crippen MR) is 128 cm³/mol. The van der Waals surface area contributed by atoms with Crippen LogP contribution in [-0.2, 0) is 0 Å². The molecule has 3 heteroatoms. The van der Waals surface area contributed by atoms with Crippen LogP contribution in [0.25, 0.3) is 11.1 Å². The van der Waals surface area contributed by atoms with Crippen molar-refractivity contribution in [3.8, 4) is 0 Å². The Bertz CT molecular complexity index is 840. The number of rotatable bonds is 8. The Morgan fingerprint density at radius 2 is 1.86 bits per heavy atom. The highest BCUT2D eigenvalue weighted by Crippen LogP contribution is 2.40. The van der Waals surface area contributed by atoms with Gasteiger partial charge in [0.15, 0.2) is 0 Å². The lowest BCUT2D eigenvalue weighted by atomic mass is 9.93. The summed E-state index contributed by atoms with van der Waals surface area (Å²) in [6, 6.07) is 2.85. The Morgan fingerprint density at radius 1 is 1.18 bits per heavy atom. The minimum Gasteiger partial charge on any atom is -0.377 e. The van der Waals surface area contributed by atoms with Crippen LogP contribution in [0.3, 0.4) is 0 Å². The molecule has 152 valence electrons. The first-order valence-corrected chi connectivity index (χ1v) is 11.5. The van der Waals surface area contributed by atoms with Crippen molar-refractivity contribution in [2.24, 2.45) is 5.92 Å². The maximum absolute atomic E-state index is 4.97.